The van der Waals surface area contributed by atoms with E-state index in [-0.39, 0.29) is 35.2 Å². The van der Waals surface area contributed by atoms with Crippen molar-refractivity contribution in [3.63, 3.8) is 0 Å². The summed E-state index contributed by atoms with van der Waals surface area (Å²) in [5.41, 5.74) is 2.48. The van der Waals surface area contributed by atoms with Gasteiger partial charge in [-0.1, -0.05) is 17.7 Å². The average molecular weight is 532 g/mol. The van der Waals surface area contributed by atoms with Gasteiger partial charge in [0, 0.05) is 37.6 Å². The van der Waals surface area contributed by atoms with E-state index in [1.54, 1.807) is 0 Å². The molecule has 4 rings (SSSR count). The number of amides is 1. The highest BCUT2D eigenvalue weighted by Gasteiger charge is 2.39. The molecule has 1 saturated heterocycles. The van der Waals surface area contributed by atoms with Crippen LogP contribution in [0.1, 0.15) is 52.7 Å². The van der Waals surface area contributed by atoms with Crippen LogP contribution in [0.15, 0.2) is 35.2 Å². The van der Waals surface area contributed by atoms with E-state index < -0.39 is 28.0 Å². The predicted molar refractivity (Wildman–Crippen MR) is 124 cm³/mol. The molecule has 1 fully saturated rings. The van der Waals surface area contributed by atoms with Gasteiger partial charge in [0.25, 0.3) is 5.91 Å². The second-order valence-electron chi connectivity index (χ2n) is 8.92. The molecule has 1 amide bonds. The highest BCUT2D eigenvalue weighted by atomic mass is 35.5. The highest BCUT2D eigenvalue weighted by molar-refractivity contribution is 7.90. The third kappa shape index (κ3) is 5.59. The SMILES string of the molecule is C[C@H](Oc1ccc(S(C)(=O)=O)cc1C(=O)N1Cc2cc(Cl)c(C3CCOCC3)cc2C1)C(F)(F)F. The van der Waals surface area contributed by atoms with Gasteiger partial charge >= 0.3 is 6.18 Å². The summed E-state index contributed by atoms with van der Waals surface area (Å²) in [7, 11) is -3.71. The molecule has 35 heavy (non-hydrogen) atoms. The Hall–Kier alpha value is -2.30. The Morgan fingerprint density at radius 3 is 2.37 bits per heavy atom. The fourth-order valence-corrected chi connectivity index (χ4v) is 5.33. The van der Waals surface area contributed by atoms with Crippen LogP contribution in [0.2, 0.25) is 5.02 Å². The van der Waals surface area contributed by atoms with Crippen LogP contribution in [0.25, 0.3) is 0 Å². The molecule has 0 radical (unpaired) electrons. The molecule has 0 saturated carbocycles. The van der Waals surface area contributed by atoms with Crippen LogP contribution >= 0.6 is 11.6 Å². The standard InChI is InChI=1S/C24H25ClF3NO5S/c1-14(24(26,27)28)34-22-4-3-18(35(2,31)32)11-20(22)23(30)29-12-16-9-19(15-5-7-33-8-6-15)21(25)10-17(16)13-29/h3-4,9-11,14-15H,5-8,12-13H2,1-2H3/t14-/m0/s1. The number of hydrogen-bond acceptors (Lipinski definition) is 5. The third-order valence-corrected chi connectivity index (χ3v) is 7.80. The second-order valence-corrected chi connectivity index (χ2v) is 11.3. The number of alkyl halides is 3. The summed E-state index contributed by atoms with van der Waals surface area (Å²) in [5.74, 6) is -0.703. The monoisotopic (exact) mass is 531 g/mol. The quantitative estimate of drug-likeness (QED) is 0.535. The minimum absolute atomic E-state index is 0.186. The molecule has 2 heterocycles. The van der Waals surface area contributed by atoms with Crippen LogP contribution in [0, 0.1) is 0 Å². The molecular formula is C24H25ClF3NO5S. The van der Waals surface area contributed by atoms with E-state index in [1.807, 2.05) is 12.1 Å². The van der Waals surface area contributed by atoms with Gasteiger partial charge in [0.2, 0.25) is 0 Å². The van der Waals surface area contributed by atoms with Crippen molar-refractivity contribution in [3.8, 4) is 5.75 Å². The number of benzene rings is 2. The topological polar surface area (TPSA) is 72.9 Å². The first-order valence-electron chi connectivity index (χ1n) is 11.1. The van der Waals surface area contributed by atoms with Gasteiger partial charge in [-0.2, -0.15) is 13.2 Å². The Morgan fingerprint density at radius 2 is 1.77 bits per heavy atom. The van der Waals surface area contributed by atoms with Crippen molar-refractivity contribution >= 4 is 27.3 Å². The summed E-state index contributed by atoms with van der Waals surface area (Å²) < 4.78 is 73.9. The van der Waals surface area contributed by atoms with Crippen molar-refractivity contribution in [2.45, 2.75) is 55.9 Å². The van der Waals surface area contributed by atoms with E-state index >= 15 is 0 Å². The molecule has 6 nitrogen and oxygen atoms in total. The van der Waals surface area contributed by atoms with E-state index in [1.165, 1.54) is 4.90 Å². The van der Waals surface area contributed by atoms with Gasteiger partial charge in [0.05, 0.1) is 10.5 Å². The van der Waals surface area contributed by atoms with Gasteiger partial charge in [-0.05, 0) is 66.6 Å². The molecule has 2 aromatic carbocycles. The van der Waals surface area contributed by atoms with Crippen molar-refractivity contribution in [2.75, 3.05) is 19.5 Å². The summed E-state index contributed by atoms with van der Waals surface area (Å²) in [6, 6.07) is 7.10. The zero-order valence-electron chi connectivity index (χ0n) is 19.2. The summed E-state index contributed by atoms with van der Waals surface area (Å²) in [6.45, 7) is 2.54. The normalized spacial score (nSPS) is 17.8. The molecule has 0 aromatic heterocycles. The van der Waals surface area contributed by atoms with Crippen LogP contribution in [0.3, 0.4) is 0 Å². The Labute approximate surface area is 206 Å². The minimum Gasteiger partial charge on any atom is -0.480 e. The van der Waals surface area contributed by atoms with Gasteiger partial charge < -0.3 is 14.4 Å². The first-order chi connectivity index (χ1) is 16.3. The molecular weight excluding hydrogens is 507 g/mol. The number of carbonyl (C=O) groups is 1. The first kappa shape index (κ1) is 25.8. The van der Waals surface area contributed by atoms with Crippen molar-refractivity contribution in [3.05, 3.63) is 57.6 Å². The molecule has 0 unspecified atom stereocenters. The first-order valence-corrected chi connectivity index (χ1v) is 13.4. The fourth-order valence-electron chi connectivity index (χ4n) is 4.34. The number of sulfone groups is 1. The molecule has 2 aromatic rings. The number of fused-ring (bicyclic) bond motifs is 1. The third-order valence-electron chi connectivity index (χ3n) is 6.36. The molecule has 0 spiro atoms. The lowest BCUT2D eigenvalue weighted by atomic mass is 9.90. The summed E-state index contributed by atoms with van der Waals surface area (Å²) in [5, 5.41) is 0.604. The van der Waals surface area contributed by atoms with Gasteiger partial charge in [-0.25, -0.2) is 8.42 Å². The largest absolute Gasteiger partial charge is 0.480 e. The van der Waals surface area contributed by atoms with Crippen molar-refractivity contribution in [1.29, 1.82) is 0 Å². The molecule has 190 valence electrons. The average Bonchev–Trinajstić information content (AvgIpc) is 3.20. The number of hydrogen-bond donors (Lipinski definition) is 0. The smallest absolute Gasteiger partial charge is 0.425 e. The van der Waals surface area contributed by atoms with E-state index in [0.29, 0.717) is 18.2 Å². The number of rotatable bonds is 5. The van der Waals surface area contributed by atoms with Crippen LogP contribution in [-0.4, -0.2) is 51.0 Å². The maximum Gasteiger partial charge on any atom is 0.425 e. The lowest BCUT2D eigenvalue weighted by molar-refractivity contribution is -0.189. The predicted octanol–water partition coefficient (Wildman–Crippen LogP) is 5.12. The van der Waals surface area contributed by atoms with Crippen LogP contribution in [-0.2, 0) is 27.7 Å². The van der Waals surface area contributed by atoms with E-state index in [9.17, 15) is 26.4 Å². The summed E-state index contributed by atoms with van der Waals surface area (Å²) in [6.07, 6.45) is -4.19. The lowest BCUT2D eigenvalue weighted by Gasteiger charge is -2.24. The van der Waals surface area contributed by atoms with Crippen LogP contribution in [0.5, 0.6) is 5.75 Å². The molecule has 2 aliphatic heterocycles. The van der Waals surface area contributed by atoms with Crippen LogP contribution < -0.4 is 4.74 Å². The molecule has 1 atom stereocenters. The molecule has 0 bridgehead atoms. The minimum atomic E-state index is -4.66. The summed E-state index contributed by atoms with van der Waals surface area (Å²) >= 11 is 6.54. The number of carbonyl (C=O) groups excluding carboxylic acids is 1. The Balaban J connectivity index is 1.64. The molecule has 2 aliphatic rings. The van der Waals surface area contributed by atoms with Crippen LogP contribution in [0.4, 0.5) is 13.2 Å². The maximum atomic E-state index is 13.4. The van der Waals surface area contributed by atoms with E-state index in [0.717, 1.165) is 60.9 Å². The summed E-state index contributed by atoms with van der Waals surface area (Å²) in [4.78, 5) is 14.7. The van der Waals surface area contributed by atoms with Crippen molar-refractivity contribution in [2.24, 2.45) is 0 Å². The maximum absolute atomic E-state index is 13.4. The number of ether oxygens (including phenoxy) is 2. The van der Waals surface area contributed by atoms with Crippen molar-refractivity contribution in [1.82, 2.24) is 4.90 Å². The Bertz CT molecular complexity index is 1240. The van der Waals surface area contributed by atoms with Gasteiger partial charge in [0.15, 0.2) is 15.9 Å². The number of nitrogens with zero attached hydrogens (tertiary/aromatic N) is 1. The highest BCUT2D eigenvalue weighted by Crippen LogP contribution is 2.38. The Morgan fingerprint density at radius 1 is 1.14 bits per heavy atom. The van der Waals surface area contributed by atoms with Crippen molar-refractivity contribution < 1.29 is 35.9 Å². The molecule has 11 heteroatoms. The lowest BCUT2D eigenvalue weighted by Crippen LogP contribution is -2.32. The van der Waals surface area contributed by atoms with Gasteiger partial charge in [-0.15, -0.1) is 0 Å². The van der Waals surface area contributed by atoms with E-state index in [4.69, 9.17) is 21.1 Å². The second kappa shape index (κ2) is 9.63. The van der Waals surface area contributed by atoms with E-state index in [2.05, 4.69) is 0 Å². The molecule has 0 N–H and O–H groups in total. The van der Waals surface area contributed by atoms with Gasteiger partial charge in [0.1, 0.15) is 5.75 Å². The number of halogens is 4. The zero-order valence-corrected chi connectivity index (χ0v) is 20.8. The molecule has 0 aliphatic carbocycles. The van der Waals surface area contributed by atoms with Gasteiger partial charge in [-0.3, -0.25) is 4.79 Å². The fraction of sp³-hybridized carbons (Fsp3) is 0.458. The Kier molecular flexibility index (Phi) is 7.09. The zero-order chi connectivity index (χ0) is 25.5.